The Morgan fingerprint density at radius 3 is 2.82 bits per heavy atom. The van der Waals surface area contributed by atoms with Gasteiger partial charge in [-0.2, -0.15) is 0 Å². The third kappa shape index (κ3) is 1.65. The van der Waals surface area contributed by atoms with E-state index in [2.05, 4.69) is 5.16 Å². The SMILES string of the molecule is Cc1cc(C(=O)C(C)N)on1. The van der Waals surface area contributed by atoms with E-state index in [1.807, 2.05) is 0 Å². The van der Waals surface area contributed by atoms with E-state index >= 15 is 0 Å². The molecule has 0 aromatic carbocycles. The van der Waals surface area contributed by atoms with Crippen LogP contribution in [0.5, 0.6) is 0 Å². The van der Waals surface area contributed by atoms with Gasteiger partial charge in [0.15, 0.2) is 0 Å². The first-order valence-corrected chi connectivity index (χ1v) is 3.34. The molecule has 1 aromatic rings. The fourth-order valence-electron chi connectivity index (χ4n) is 0.704. The molecule has 0 bridgehead atoms. The van der Waals surface area contributed by atoms with Crippen LogP contribution < -0.4 is 5.73 Å². The van der Waals surface area contributed by atoms with Crippen LogP contribution in [-0.2, 0) is 0 Å². The minimum atomic E-state index is -0.526. The van der Waals surface area contributed by atoms with Gasteiger partial charge in [-0.05, 0) is 13.8 Å². The Kier molecular flexibility index (Phi) is 2.05. The van der Waals surface area contributed by atoms with Gasteiger partial charge in [0.25, 0.3) is 0 Å². The highest BCUT2D eigenvalue weighted by Crippen LogP contribution is 2.04. The second-order valence-electron chi connectivity index (χ2n) is 2.49. The van der Waals surface area contributed by atoms with Crippen molar-refractivity contribution in [3.8, 4) is 0 Å². The highest BCUT2D eigenvalue weighted by molar-refractivity contribution is 5.97. The molecule has 1 aromatic heterocycles. The van der Waals surface area contributed by atoms with Gasteiger partial charge in [0, 0.05) is 6.07 Å². The highest BCUT2D eigenvalue weighted by atomic mass is 16.5. The summed E-state index contributed by atoms with van der Waals surface area (Å²) in [6.07, 6.45) is 0. The second kappa shape index (κ2) is 2.84. The maximum Gasteiger partial charge on any atom is 0.217 e. The number of nitrogens with zero attached hydrogens (tertiary/aromatic N) is 1. The number of Topliss-reactive ketones (excluding diaryl/α,β-unsaturated/α-hetero) is 1. The normalized spacial score (nSPS) is 13.0. The van der Waals surface area contributed by atoms with Crippen LogP contribution in [0.3, 0.4) is 0 Å². The molecule has 11 heavy (non-hydrogen) atoms. The van der Waals surface area contributed by atoms with Gasteiger partial charge in [0.2, 0.25) is 11.5 Å². The summed E-state index contributed by atoms with van der Waals surface area (Å²) in [6.45, 7) is 3.36. The van der Waals surface area contributed by atoms with Crippen LogP contribution in [0.2, 0.25) is 0 Å². The predicted molar refractivity (Wildman–Crippen MR) is 39.2 cm³/mol. The van der Waals surface area contributed by atoms with E-state index < -0.39 is 6.04 Å². The number of hydrogen-bond acceptors (Lipinski definition) is 4. The first kappa shape index (κ1) is 7.94. The average molecular weight is 154 g/mol. The molecule has 4 nitrogen and oxygen atoms in total. The van der Waals surface area contributed by atoms with E-state index in [0.717, 1.165) is 0 Å². The lowest BCUT2D eigenvalue weighted by molar-refractivity contribution is 0.0931. The number of aryl methyl sites for hydroxylation is 1. The molecule has 1 heterocycles. The van der Waals surface area contributed by atoms with Crippen molar-refractivity contribution in [2.75, 3.05) is 0 Å². The monoisotopic (exact) mass is 154 g/mol. The molecule has 0 amide bonds. The molecule has 1 rings (SSSR count). The molecule has 1 atom stereocenters. The fourth-order valence-corrected chi connectivity index (χ4v) is 0.704. The Hall–Kier alpha value is -1.16. The van der Waals surface area contributed by atoms with Gasteiger partial charge in [-0.1, -0.05) is 5.16 Å². The van der Waals surface area contributed by atoms with Crippen molar-refractivity contribution in [3.63, 3.8) is 0 Å². The van der Waals surface area contributed by atoms with Crippen LogP contribution >= 0.6 is 0 Å². The number of nitrogens with two attached hydrogens (primary N) is 1. The molecule has 4 heteroatoms. The van der Waals surface area contributed by atoms with E-state index in [9.17, 15) is 4.79 Å². The van der Waals surface area contributed by atoms with Crippen molar-refractivity contribution >= 4 is 5.78 Å². The van der Waals surface area contributed by atoms with Crippen LogP contribution in [0.25, 0.3) is 0 Å². The van der Waals surface area contributed by atoms with E-state index in [-0.39, 0.29) is 11.5 Å². The number of carbonyl (C=O) groups excluding carboxylic acids is 1. The standard InChI is InChI=1S/C7H10N2O2/c1-4-3-6(11-9-4)7(10)5(2)8/h3,5H,8H2,1-2H3. The molecule has 0 radical (unpaired) electrons. The first-order valence-electron chi connectivity index (χ1n) is 3.34. The maximum atomic E-state index is 11.1. The van der Waals surface area contributed by atoms with Crippen molar-refractivity contribution in [3.05, 3.63) is 17.5 Å². The third-order valence-electron chi connectivity index (χ3n) is 1.28. The Balaban J connectivity index is 2.85. The van der Waals surface area contributed by atoms with Crippen LogP contribution in [0.15, 0.2) is 10.6 Å². The summed E-state index contributed by atoms with van der Waals surface area (Å²) in [5.74, 6) is 0.0168. The molecule has 0 fully saturated rings. The zero-order valence-corrected chi connectivity index (χ0v) is 6.50. The topological polar surface area (TPSA) is 69.1 Å². The summed E-state index contributed by atoms with van der Waals surface area (Å²) in [5.41, 5.74) is 6.03. The third-order valence-corrected chi connectivity index (χ3v) is 1.28. The quantitative estimate of drug-likeness (QED) is 0.630. The Morgan fingerprint density at radius 2 is 2.45 bits per heavy atom. The lowest BCUT2D eigenvalue weighted by atomic mass is 10.2. The lowest BCUT2D eigenvalue weighted by Gasteiger charge is -1.96. The zero-order chi connectivity index (χ0) is 8.43. The Bertz CT molecular complexity index is 265. The van der Waals surface area contributed by atoms with Crippen molar-refractivity contribution in [1.29, 1.82) is 0 Å². The van der Waals surface area contributed by atoms with Gasteiger partial charge >= 0.3 is 0 Å². The smallest absolute Gasteiger partial charge is 0.217 e. The summed E-state index contributed by atoms with van der Waals surface area (Å²) in [7, 11) is 0. The summed E-state index contributed by atoms with van der Waals surface area (Å²) < 4.78 is 4.71. The molecule has 0 saturated heterocycles. The number of ketones is 1. The number of hydrogen-bond donors (Lipinski definition) is 1. The molecule has 2 N–H and O–H groups in total. The van der Waals surface area contributed by atoms with E-state index in [4.69, 9.17) is 10.3 Å². The highest BCUT2D eigenvalue weighted by Gasteiger charge is 2.14. The van der Waals surface area contributed by atoms with Crippen molar-refractivity contribution in [2.45, 2.75) is 19.9 Å². The molecular formula is C7H10N2O2. The molecular weight excluding hydrogens is 144 g/mol. The van der Waals surface area contributed by atoms with Gasteiger partial charge in [-0.25, -0.2) is 0 Å². The van der Waals surface area contributed by atoms with Crippen LogP contribution in [-0.4, -0.2) is 17.0 Å². The summed E-state index contributed by atoms with van der Waals surface area (Å²) in [4.78, 5) is 11.1. The van der Waals surface area contributed by atoms with Gasteiger partial charge in [-0.15, -0.1) is 0 Å². The van der Waals surface area contributed by atoms with Crippen molar-refractivity contribution in [2.24, 2.45) is 5.73 Å². The molecule has 0 aliphatic carbocycles. The lowest BCUT2D eigenvalue weighted by Crippen LogP contribution is -2.26. The van der Waals surface area contributed by atoms with Crippen LogP contribution in [0, 0.1) is 6.92 Å². The van der Waals surface area contributed by atoms with Crippen LogP contribution in [0.4, 0.5) is 0 Å². The summed E-state index contributed by atoms with van der Waals surface area (Å²) in [5, 5.41) is 3.57. The molecule has 1 unspecified atom stereocenters. The molecule has 0 aliphatic rings. The molecule has 0 spiro atoms. The first-order chi connectivity index (χ1) is 5.11. The van der Waals surface area contributed by atoms with Gasteiger partial charge in [0.05, 0.1) is 11.7 Å². The van der Waals surface area contributed by atoms with Gasteiger partial charge in [-0.3, -0.25) is 4.79 Å². The average Bonchev–Trinajstić information content (AvgIpc) is 2.34. The molecule has 0 saturated carbocycles. The Morgan fingerprint density at radius 1 is 1.82 bits per heavy atom. The van der Waals surface area contributed by atoms with Crippen molar-refractivity contribution < 1.29 is 9.32 Å². The summed E-state index contributed by atoms with van der Waals surface area (Å²) >= 11 is 0. The minimum Gasteiger partial charge on any atom is -0.353 e. The largest absolute Gasteiger partial charge is 0.353 e. The minimum absolute atomic E-state index is 0.217. The van der Waals surface area contributed by atoms with E-state index in [1.54, 1.807) is 19.9 Å². The zero-order valence-electron chi connectivity index (χ0n) is 6.50. The number of carbonyl (C=O) groups is 1. The maximum absolute atomic E-state index is 11.1. The summed E-state index contributed by atoms with van der Waals surface area (Å²) in [6, 6.07) is 1.05. The van der Waals surface area contributed by atoms with E-state index in [1.165, 1.54) is 0 Å². The molecule has 60 valence electrons. The van der Waals surface area contributed by atoms with Gasteiger partial charge < -0.3 is 10.3 Å². The second-order valence-corrected chi connectivity index (χ2v) is 2.49. The van der Waals surface area contributed by atoms with Gasteiger partial charge in [0.1, 0.15) is 0 Å². The number of aromatic nitrogens is 1. The number of rotatable bonds is 2. The van der Waals surface area contributed by atoms with Crippen molar-refractivity contribution in [1.82, 2.24) is 5.16 Å². The van der Waals surface area contributed by atoms with E-state index in [0.29, 0.717) is 5.69 Å². The predicted octanol–water partition coefficient (Wildman–Crippen LogP) is 0.513. The molecule has 0 aliphatic heterocycles. The Labute approximate surface area is 64.4 Å². The fraction of sp³-hybridized carbons (Fsp3) is 0.429. The van der Waals surface area contributed by atoms with Crippen LogP contribution in [0.1, 0.15) is 23.2 Å².